The van der Waals surface area contributed by atoms with Crippen LogP contribution in [0.15, 0.2) is 35.3 Å². The highest BCUT2D eigenvalue weighted by Gasteiger charge is 2.06. The molecule has 1 heterocycles. The van der Waals surface area contributed by atoms with Gasteiger partial charge in [-0.15, -0.1) is 0 Å². The number of hydrogen-bond donors (Lipinski definition) is 2. The van der Waals surface area contributed by atoms with Gasteiger partial charge in [-0.25, -0.2) is 9.07 Å². The Morgan fingerprint density at radius 2 is 2.00 bits per heavy atom. The lowest BCUT2D eigenvalue weighted by Crippen LogP contribution is -2.17. The molecule has 1 aromatic carbocycles. The molecule has 0 radical (unpaired) electrons. The first-order chi connectivity index (χ1) is 7.22. The second-order valence-corrected chi connectivity index (χ2v) is 3.07. The van der Waals surface area contributed by atoms with Gasteiger partial charge in [-0.3, -0.25) is 9.89 Å². The number of aromatic amines is 1. The summed E-state index contributed by atoms with van der Waals surface area (Å²) in [5, 5.41) is 11.5. The smallest absolute Gasteiger partial charge is 0.276 e. The Morgan fingerprint density at radius 1 is 1.33 bits per heavy atom. The number of halogens is 1. The van der Waals surface area contributed by atoms with E-state index in [2.05, 4.69) is 5.10 Å². The molecule has 0 saturated carbocycles. The minimum atomic E-state index is -0.360. The number of H-pyrrole nitrogens is 1. The third kappa shape index (κ3) is 1.69. The summed E-state index contributed by atoms with van der Waals surface area (Å²) < 4.78 is 13.9. The number of rotatable bonds is 2. The maximum atomic E-state index is 12.6. The summed E-state index contributed by atoms with van der Waals surface area (Å²) in [6, 6.07) is 5.49. The van der Waals surface area contributed by atoms with Crippen LogP contribution in [0.4, 0.5) is 4.39 Å². The van der Waals surface area contributed by atoms with Gasteiger partial charge in [-0.05, 0) is 24.3 Å². The molecular weight excluding hydrogens is 199 g/mol. The molecule has 2 rings (SSSR count). The topological polar surface area (TPSA) is 58.0 Å². The Hall–Kier alpha value is -1.88. The second-order valence-electron chi connectivity index (χ2n) is 3.07. The first-order valence-corrected chi connectivity index (χ1v) is 4.38. The van der Waals surface area contributed by atoms with Crippen LogP contribution in [-0.2, 0) is 6.61 Å². The van der Waals surface area contributed by atoms with Gasteiger partial charge in [0.15, 0.2) is 0 Å². The standard InChI is InChI=1S/C10H9FN2O2/c11-8-1-3-9(4-2-8)13-10(15)7(6-14)5-12-13/h1-5,12,14H,6H2. The van der Waals surface area contributed by atoms with Gasteiger partial charge in [0.2, 0.25) is 0 Å². The molecule has 0 aliphatic heterocycles. The molecule has 5 heteroatoms. The van der Waals surface area contributed by atoms with Crippen LogP contribution < -0.4 is 5.56 Å². The molecule has 15 heavy (non-hydrogen) atoms. The summed E-state index contributed by atoms with van der Waals surface area (Å²) in [5.41, 5.74) is 0.476. The van der Waals surface area contributed by atoms with Gasteiger partial charge in [0.05, 0.1) is 17.9 Å². The number of hydrogen-bond acceptors (Lipinski definition) is 2. The normalized spacial score (nSPS) is 10.5. The molecule has 0 bridgehead atoms. The summed E-state index contributed by atoms with van der Waals surface area (Å²) >= 11 is 0. The molecule has 0 spiro atoms. The van der Waals surface area contributed by atoms with Gasteiger partial charge in [-0.2, -0.15) is 0 Å². The van der Waals surface area contributed by atoms with Crippen LogP contribution in [-0.4, -0.2) is 14.9 Å². The Labute approximate surface area is 84.6 Å². The molecule has 0 fully saturated rings. The van der Waals surface area contributed by atoms with Gasteiger partial charge in [0.25, 0.3) is 5.56 Å². The number of nitrogens with one attached hydrogen (secondary N) is 1. The average molecular weight is 208 g/mol. The van der Waals surface area contributed by atoms with Crippen LogP contribution in [0.3, 0.4) is 0 Å². The molecule has 4 nitrogen and oxygen atoms in total. The van der Waals surface area contributed by atoms with Crippen molar-refractivity contribution in [3.63, 3.8) is 0 Å². The zero-order valence-electron chi connectivity index (χ0n) is 7.77. The molecule has 0 atom stereocenters. The van der Waals surface area contributed by atoms with E-state index in [-0.39, 0.29) is 23.5 Å². The highest BCUT2D eigenvalue weighted by molar-refractivity contribution is 5.31. The molecule has 0 aliphatic carbocycles. The van der Waals surface area contributed by atoms with Crippen molar-refractivity contribution in [1.29, 1.82) is 0 Å². The minimum Gasteiger partial charge on any atom is -0.391 e. The van der Waals surface area contributed by atoms with E-state index in [1.165, 1.54) is 35.1 Å². The molecule has 1 aromatic heterocycles. The quantitative estimate of drug-likeness (QED) is 0.766. The van der Waals surface area contributed by atoms with Crippen molar-refractivity contribution in [2.75, 3.05) is 0 Å². The van der Waals surface area contributed by atoms with E-state index < -0.39 is 0 Å². The Balaban J connectivity index is 2.50. The molecule has 2 aromatic rings. The monoisotopic (exact) mass is 208 g/mol. The fraction of sp³-hybridized carbons (Fsp3) is 0.100. The fourth-order valence-electron chi connectivity index (χ4n) is 1.30. The fourth-order valence-corrected chi connectivity index (χ4v) is 1.30. The van der Waals surface area contributed by atoms with Crippen LogP contribution in [0.1, 0.15) is 5.56 Å². The lowest BCUT2D eigenvalue weighted by atomic mass is 10.3. The molecule has 0 saturated heterocycles. The van der Waals surface area contributed by atoms with Crippen molar-refractivity contribution in [2.24, 2.45) is 0 Å². The van der Waals surface area contributed by atoms with E-state index in [9.17, 15) is 9.18 Å². The van der Waals surface area contributed by atoms with Crippen LogP contribution >= 0.6 is 0 Å². The van der Waals surface area contributed by atoms with E-state index in [1.807, 2.05) is 0 Å². The summed E-state index contributed by atoms with van der Waals surface area (Å²) in [4.78, 5) is 11.6. The van der Waals surface area contributed by atoms with Crippen LogP contribution in [0.25, 0.3) is 5.69 Å². The van der Waals surface area contributed by atoms with Crippen molar-refractivity contribution < 1.29 is 9.50 Å². The maximum Gasteiger partial charge on any atom is 0.276 e. The van der Waals surface area contributed by atoms with E-state index in [0.717, 1.165) is 0 Å². The SMILES string of the molecule is O=c1c(CO)c[nH]n1-c1ccc(F)cc1. The Morgan fingerprint density at radius 3 is 2.53 bits per heavy atom. The molecule has 0 aliphatic rings. The van der Waals surface area contributed by atoms with E-state index in [1.54, 1.807) is 0 Å². The molecular formula is C10H9FN2O2. The number of aromatic nitrogens is 2. The highest BCUT2D eigenvalue weighted by atomic mass is 19.1. The van der Waals surface area contributed by atoms with Gasteiger partial charge in [0.1, 0.15) is 5.82 Å². The largest absolute Gasteiger partial charge is 0.391 e. The van der Waals surface area contributed by atoms with Gasteiger partial charge < -0.3 is 5.11 Å². The predicted molar refractivity (Wildman–Crippen MR) is 52.3 cm³/mol. The molecule has 2 N–H and O–H groups in total. The molecule has 0 unspecified atom stereocenters. The van der Waals surface area contributed by atoms with Gasteiger partial charge in [0, 0.05) is 6.20 Å². The van der Waals surface area contributed by atoms with Crippen molar-refractivity contribution in [3.05, 3.63) is 52.2 Å². The first kappa shape index (κ1) is 9.67. The van der Waals surface area contributed by atoms with Crippen LogP contribution in [0.5, 0.6) is 0 Å². The summed E-state index contributed by atoms with van der Waals surface area (Å²) in [7, 11) is 0. The summed E-state index contributed by atoms with van der Waals surface area (Å²) in [5.74, 6) is -0.360. The third-order valence-electron chi connectivity index (χ3n) is 2.10. The zero-order chi connectivity index (χ0) is 10.8. The van der Waals surface area contributed by atoms with E-state index in [4.69, 9.17) is 5.11 Å². The van der Waals surface area contributed by atoms with Crippen LogP contribution in [0, 0.1) is 5.82 Å². The first-order valence-electron chi connectivity index (χ1n) is 4.38. The van der Waals surface area contributed by atoms with E-state index in [0.29, 0.717) is 5.69 Å². The van der Waals surface area contributed by atoms with Crippen molar-refractivity contribution in [3.8, 4) is 5.69 Å². The van der Waals surface area contributed by atoms with Crippen LogP contribution in [0.2, 0.25) is 0 Å². The summed E-state index contributed by atoms with van der Waals surface area (Å²) in [6.45, 7) is -0.316. The second kappa shape index (κ2) is 3.70. The number of nitrogens with zero attached hydrogens (tertiary/aromatic N) is 1. The Bertz CT molecular complexity index is 513. The number of aliphatic hydroxyl groups excluding tert-OH is 1. The van der Waals surface area contributed by atoms with Crippen molar-refractivity contribution in [1.82, 2.24) is 9.78 Å². The van der Waals surface area contributed by atoms with E-state index >= 15 is 0 Å². The van der Waals surface area contributed by atoms with Gasteiger partial charge in [-0.1, -0.05) is 0 Å². The van der Waals surface area contributed by atoms with Gasteiger partial charge >= 0.3 is 0 Å². The lowest BCUT2D eigenvalue weighted by Gasteiger charge is -1.99. The Kier molecular flexibility index (Phi) is 2.39. The molecule has 0 amide bonds. The average Bonchev–Trinajstić information content (AvgIpc) is 2.61. The highest BCUT2D eigenvalue weighted by Crippen LogP contribution is 2.05. The minimum absolute atomic E-state index is 0.277. The summed E-state index contributed by atoms with van der Waals surface area (Å²) in [6.07, 6.45) is 1.42. The third-order valence-corrected chi connectivity index (χ3v) is 2.10. The maximum absolute atomic E-state index is 12.6. The van der Waals surface area contributed by atoms with Crippen molar-refractivity contribution in [2.45, 2.75) is 6.61 Å². The predicted octanol–water partition coefficient (Wildman–Crippen LogP) is 0.797. The van der Waals surface area contributed by atoms with Crippen molar-refractivity contribution >= 4 is 0 Å². The molecule has 78 valence electrons. The zero-order valence-corrected chi connectivity index (χ0v) is 7.77. The lowest BCUT2D eigenvalue weighted by molar-refractivity contribution is 0.280. The number of benzene rings is 1. The number of aliphatic hydroxyl groups is 1.